The number of rotatable bonds is 3. The minimum atomic E-state index is -1.67. The minimum absolute atomic E-state index is 0.0153. The third-order valence-electron chi connectivity index (χ3n) is 5.31. The maximum absolute atomic E-state index is 13.0. The lowest BCUT2D eigenvalue weighted by Gasteiger charge is -2.39. The predicted octanol–water partition coefficient (Wildman–Crippen LogP) is -0.0281. The van der Waals surface area contributed by atoms with E-state index in [1.807, 2.05) is 0 Å². The van der Waals surface area contributed by atoms with Gasteiger partial charge in [-0.3, -0.25) is 9.59 Å². The zero-order valence-electron chi connectivity index (χ0n) is 16.5. The summed E-state index contributed by atoms with van der Waals surface area (Å²) in [4.78, 5) is 25.9. The highest BCUT2D eigenvalue weighted by atomic mass is 16.8. The summed E-state index contributed by atoms with van der Waals surface area (Å²) in [6.07, 6.45) is -7.64. The molecule has 2 aliphatic rings. The van der Waals surface area contributed by atoms with E-state index >= 15 is 0 Å². The molecule has 2 aromatic rings. The molecule has 5 atom stereocenters. The second-order valence-electron chi connectivity index (χ2n) is 7.43. The van der Waals surface area contributed by atoms with Gasteiger partial charge in [0.2, 0.25) is 12.1 Å². The molecule has 1 aliphatic carbocycles. The number of aryl methyl sites for hydroxylation is 1. The average Bonchev–Trinajstić information content (AvgIpc) is 2.71. The van der Waals surface area contributed by atoms with E-state index < -0.39 is 48.2 Å². The third kappa shape index (κ3) is 3.34. The van der Waals surface area contributed by atoms with Crippen molar-refractivity contribution in [3.05, 3.63) is 52.1 Å². The predicted molar refractivity (Wildman–Crippen MR) is 102 cm³/mol. The number of hydrogen-bond acceptors (Lipinski definition) is 10. The number of phenolic OH excluding ortho intramolecular Hbond substituents is 2. The van der Waals surface area contributed by atoms with Crippen LogP contribution >= 0.6 is 0 Å². The van der Waals surface area contributed by atoms with E-state index in [1.54, 1.807) is 6.92 Å². The Balaban J connectivity index is 1.72. The van der Waals surface area contributed by atoms with Crippen molar-refractivity contribution < 1.29 is 49.3 Å². The summed E-state index contributed by atoms with van der Waals surface area (Å²) in [5.74, 6) is -2.42. The van der Waals surface area contributed by atoms with Crippen LogP contribution < -0.4 is 4.74 Å². The van der Waals surface area contributed by atoms with Crippen LogP contribution in [-0.2, 0) is 9.47 Å². The van der Waals surface area contributed by atoms with Crippen molar-refractivity contribution in [2.24, 2.45) is 0 Å². The van der Waals surface area contributed by atoms with Gasteiger partial charge in [-0.1, -0.05) is 0 Å². The van der Waals surface area contributed by atoms with Crippen molar-refractivity contribution in [2.75, 3.05) is 7.11 Å². The highest BCUT2D eigenvalue weighted by Gasteiger charge is 2.45. The van der Waals surface area contributed by atoms with Crippen LogP contribution in [0.25, 0.3) is 0 Å². The van der Waals surface area contributed by atoms with Crippen LogP contribution in [0.15, 0.2) is 24.3 Å². The summed E-state index contributed by atoms with van der Waals surface area (Å²) in [7, 11) is 1.22. The number of phenols is 2. The SMILES string of the molecule is COC1OC(Oc2cc(O)c3c(c2)C(=O)c2cc(C)cc(O)c2C3=O)C(O)C(O)C1O. The number of aromatic hydroxyl groups is 2. The molecule has 0 aromatic heterocycles. The fraction of sp³-hybridized carbons (Fsp3) is 0.333. The van der Waals surface area contributed by atoms with Gasteiger partial charge in [-0.25, -0.2) is 0 Å². The van der Waals surface area contributed by atoms with Gasteiger partial charge in [0.25, 0.3) is 0 Å². The zero-order valence-corrected chi connectivity index (χ0v) is 16.5. The Labute approximate surface area is 175 Å². The number of carbonyl (C=O) groups is 2. The van der Waals surface area contributed by atoms with E-state index in [2.05, 4.69) is 0 Å². The Kier molecular flexibility index (Phi) is 5.20. The van der Waals surface area contributed by atoms with E-state index in [0.717, 1.165) is 6.07 Å². The van der Waals surface area contributed by atoms with Crippen molar-refractivity contribution in [1.29, 1.82) is 0 Å². The van der Waals surface area contributed by atoms with Crippen molar-refractivity contribution in [3.8, 4) is 17.2 Å². The Morgan fingerprint density at radius 3 is 2.03 bits per heavy atom. The monoisotopic (exact) mass is 432 g/mol. The van der Waals surface area contributed by atoms with Gasteiger partial charge in [0, 0.05) is 24.3 Å². The molecule has 1 saturated heterocycles. The number of methoxy groups -OCH3 is 1. The van der Waals surface area contributed by atoms with Crippen molar-refractivity contribution >= 4 is 11.6 Å². The molecule has 164 valence electrons. The summed E-state index contributed by atoms with van der Waals surface area (Å²) in [5, 5.41) is 50.5. The fourth-order valence-electron chi connectivity index (χ4n) is 3.79. The van der Waals surface area contributed by atoms with Crippen LogP contribution in [0.5, 0.6) is 17.2 Å². The second-order valence-corrected chi connectivity index (χ2v) is 7.43. The molecule has 1 heterocycles. The van der Waals surface area contributed by atoms with Gasteiger partial charge in [-0.2, -0.15) is 0 Å². The van der Waals surface area contributed by atoms with Gasteiger partial charge in [-0.15, -0.1) is 0 Å². The molecule has 1 fully saturated rings. The molecule has 5 unspecified atom stereocenters. The number of benzene rings is 2. The Bertz CT molecular complexity index is 1080. The van der Waals surface area contributed by atoms with Crippen LogP contribution in [0.4, 0.5) is 0 Å². The van der Waals surface area contributed by atoms with E-state index in [-0.39, 0.29) is 33.8 Å². The van der Waals surface area contributed by atoms with Gasteiger partial charge >= 0.3 is 0 Å². The minimum Gasteiger partial charge on any atom is -0.507 e. The second kappa shape index (κ2) is 7.59. The summed E-state index contributed by atoms with van der Waals surface area (Å²) in [6, 6.07) is 5.03. The number of aliphatic hydroxyl groups excluding tert-OH is 3. The first-order chi connectivity index (χ1) is 14.6. The number of ketones is 2. The molecular weight excluding hydrogens is 412 g/mol. The Morgan fingerprint density at radius 1 is 0.806 bits per heavy atom. The maximum atomic E-state index is 13.0. The quantitative estimate of drug-likeness (QED) is 0.380. The van der Waals surface area contributed by atoms with Gasteiger partial charge < -0.3 is 39.7 Å². The molecule has 0 saturated carbocycles. The number of aliphatic hydroxyl groups is 3. The topological polar surface area (TPSA) is 163 Å². The number of carbonyl (C=O) groups excluding carboxylic acids is 2. The van der Waals surface area contributed by atoms with E-state index in [0.29, 0.717) is 5.56 Å². The smallest absolute Gasteiger partial charge is 0.231 e. The molecule has 0 spiro atoms. The third-order valence-corrected chi connectivity index (χ3v) is 5.31. The molecule has 31 heavy (non-hydrogen) atoms. The first-order valence-corrected chi connectivity index (χ1v) is 9.33. The molecule has 5 N–H and O–H groups in total. The van der Waals surface area contributed by atoms with Crippen molar-refractivity contribution in [1.82, 2.24) is 0 Å². The lowest BCUT2D eigenvalue weighted by atomic mass is 9.82. The molecule has 4 rings (SSSR count). The first-order valence-electron chi connectivity index (χ1n) is 9.33. The molecule has 0 bridgehead atoms. The first kappa shape index (κ1) is 21.2. The highest BCUT2D eigenvalue weighted by Crippen LogP contribution is 2.40. The summed E-state index contributed by atoms with van der Waals surface area (Å²) >= 11 is 0. The Hall–Kier alpha value is -3.02. The molecule has 10 heteroatoms. The molecule has 1 aliphatic heterocycles. The van der Waals surface area contributed by atoms with Crippen LogP contribution in [0.2, 0.25) is 0 Å². The molecule has 2 aromatic carbocycles. The van der Waals surface area contributed by atoms with Gasteiger partial charge in [0.05, 0.1) is 11.1 Å². The largest absolute Gasteiger partial charge is 0.507 e. The lowest BCUT2D eigenvalue weighted by Crippen LogP contribution is -2.59. The average molecular weight is 432 g/mol. The highest BCUT2D eigenvalue weighted by molar-refractivity contribution is 6.30. The van der Waals surface area contributed by atoms with Gasteiger partial charge in [0.15, 0.2) is 12.1 Å². The molecule has 0 radical (unpaired) electrons. The standard InChI is InChI=1S/C21H20O10/c1-7-3-9-13(11(22)4-7)16(25)14-10(15(9)24)5-8(6-12(14)23)30-21-19(28)17(26)18(27)20(29-2)31-21/h3-6,17-23,26-28H,1-2H3. The number of fused-ring (bicyclic) bond motifs is 2. The van der Waals surface area contributed by atoms with Crippen molar-refractivity contribution in [2.45, 2.75) is 37.8 Å². The van der Waals surface area contributed by atoms with Crippen LogP contribution in [0, 0.1) is 6.92 Å². The van der Waals surface area contributed by atoms with Crippen LogP contribution in [0.3, 0.4) is 0 Å². The molecule has 10 nitrogen and oxygen atoms in total. The van der Waals surface area contributed by atoms with E-state index in [9.17, 15) is 35.1 Å². The Morgan fingerprint density at radius 2 is 1.39 bits per heavy atom. The molecular formula is C21H20O10. The normalized spacial score (nSPS) is 27.6. The maximum Gasteiger partial charge on any atom is 0.231 e. The zero-order chi connectivity index (χ0) is 22.6. The van der Waals surface area contributed by atoms with Crippen LogP contribution in [-0.4, -0.2) is 75.1 Å². The number of ether oxygens (including phenoxy) is 3. The number of hydrogen-bond donors (Lipinski definition) is 5. The van der Waals surface area contributed by atoms with E-state index in [4.69, 9.17) is 14.2 Å². The summed E-state index contributed by atoms with van der Waals surface area (Å²) in [6.45, 7) is 1.65. The summed E-state index contributed by atoms with van der Waals surface area (Å²) in [5.41, 5.74) is -0.1000. The molecule has 0 amide bonds. The summed E-state index contributed by atoms with van der Waals surface area (Å²) < 4.78 is 15.7. The van der Waals surface area contributed by atoms with Crippen LogP contribution in [0.1, 0.15) is 37.4 Å². The van der Waals surface area contributed by atoms with E-state index in [1.165, 1.54) is 25.3 Å². The van der Waals surface area contributed by atoms with Gasteiger partial charge in [-0.05, 0) is 30.7 Å². The fourth-order valence-corrected chi connectivity index (χ4v) is 3.79. The lowest BCUT2D eigenvalue weighted by molar-refractivity contribution is -0.327. The van der Waals surface area contributed by atoms with Gasteiger partial charge in [0.1, 0.15) is 35.6 Å². The van der Waals surface area contributed by atoms with Crippen molar-refractivity contribution in [3.63, 3.8) is 0 Å².